The van der Waals surface area contributed by atoms with Gasteiger partial charge in [-0.15, -0.1) is 0 Å². The van der Waals surface area contributed by atoms with Crippen molar-refractivity contribution < 1.29 is 17.5 Å². The average Bonchev–Trinajstić information content (AvgIpc) is 2.64. The first kappa shape index (κ1) is 18.3. The molecule has 0 saturated carbocycles. The quantitative estimate of drug-likeness (QED) is 0.575. The van der Waals surface area contributed by atoms with Gasteiger partial charge in [0.05, 0.1) is 0 Å². The summed E-state index contributed by atoms with van der Waals surface area (Å²) in [7, 11) is 6.69. The molecule has 0 aliphatic rings. The van der Waals surface area contributed by atoms with Crippen LogP contribution in [0.1, 0.15) is 0 Å². The molecular formula is C18H15Cl2CoOP. The van der Waals surface area contributed by atoms with Gasteiger partial charge in [0.25, 0.3) is 0 Å². The first-order valence-electron chi connectivity index (χ1n) is 6.84. The monoisotopic (exact) mass is 407 g/mol. The van der Waals surface area contributed by atoms with Crippen molar-refractivity contribution in [3.63, 3.8) is 0 Å². The molecule has 121 valence electrons. The molecule has 5 heteroatoms. The van der Waals surface area contributed by atoms with E-state index in [0.29, 0.717) is 12.9 Å². The zero-order valence-electron chi connectivity index (χ0n) is 12.1. The van der Waals surface area contributed by atoms with Gasteiger partial charge >= 0.3 is 33.2 Å². The van der Waals surface area contributed by atoms with Gasteiger partial charge in [-0.2, -0.15) is 0 Å². The third-order valence-electron chi connectivity index (χ3n) is 3.36. The minimum absolute atomic E-state index is 0.382. The third kappa shape index (κ3) is 4.50. The molecule has 0 bridgehead atoms. The van der Waals surface area contributed by atoms with E-state index in [1.165, 1.54) is 0 Å². The number of halogens is 2. The van der Waals surface area contributed by atoms with Crippen molar-refractivity contribution >= 4 is 43.3 Å². The maximum atomic E-state index is 13.8. The summed E-state index contributed by atoms with van der Waals surface area (Å²) in [6, 6.07) is 29.1. The summed E-state index contributed by atoms with van der Waals surface area (Å²) >= 11 is 0.382. The first-order valence-corrected chi connectivity index (χ1v) is 11.4. The molecule has 3 aromatic rings. The Morgan fingerprint density at radius 2 is 0.783 bits per heavy atom. The summed E-state index contributed by atoms with van der Waals surface area (Å²) in [6.45, 7) is 0. The third-order valence-corrected chi connectivity index (χ3v) is 6.44. The van der Waals surface area contributed by atoms with E-state index >= 15 is 0 Å². The molecule has 0 N–H and O–H groups in total. The Hall–Kier alpha value is -1.02. The summed E-state index contributed by atoms with van der Waals surface area (Å²) in [5.41, 5.74) is 0. The van der Waals surface area contributed by atoms with Crippen LogP contribution < -0.4 is 15.9 Å². The summed E-state index contributed by atoms with van der Waals surface area (Å²) in [4.78, 5) is 0. The Kier molecular flexibility index (Phi) is 7.42. The van der Waals surface area contributed by atoms with E-state index in [-0.39, 0.29) is 0 Å². The fourth-order valence-corrected chi connectivity index (χ4v) is 5.03. The van der Waals surface area contributed by atoms with E-state index in [1.54, 1.807) is 0 Å². The average molecular weight is 408 g/mol. The van der Waals surface area contributed by atoms with Gasteiger partial charge in [-0.05, 0) is 0 Å². The molecule has 0 radical (unpaired) electrons. The van der Waals surface area contributed by atoms with E-state index in [4.69, 9.17) is 20.3 Å². The molecule has 23 heavy (non-hydrogen) atoms. The SMILES string of the molecule is O=P(c1ccccc1)(c1ccccc1)c1ccccc1.[Cl][Co][Cl]. The topological polar surface area (TPSA) is 17.1 Å². The fraction of sp³-hybridized carbons (Fsp3) is 0. The van der Waals surface area contributed by atoms with Crippen molar-refractivity contribution in [3.8, 4) is 0 Å². The summed E-state index contributed by atoms with van der Waals surface area (Å²) in [5, 5.41) is 2.62. The molecule has 0 heterocycles. The number of rotatable bonds is 3. The van der Waals surface area contributed by atoms with E-state index in [9.17, 15) is 4.57 Å². The molecule has 3 rings (SSSR count). The molecule has 0 aliphatic carbocycles. The maximum absolute atomic E-state index is 13.8. The standard InChI is InChI=1S/C18H15OP.2ClH.Co/c19-20(16-10-4-1-5-11-16,17-12-6-2-7-13-17)18-14-8-3-9-15-18;;;/h1-15H;2*1H;/q;;;+2/p-2. The summed E-state index contributed by atoms with van der Waals surface area (Å²) < 4.78 is 13.8. The number of hydrogen-bond acceptors (Lipinski definition) is 1. The Bertz CT molecular complexity index is 648. The van der Waals surface area contributed by atoms with Crippen molar-refractivity contribution in [2.24, 2.45) is 0 Å². The van der Waals surface area contributed by atoms with Crippen LogP contribution in [0.2, 0.25) is 0 Å². The second-order valence-electron chi connectivity index (χ2n) is 4.66. The van der Waals surface area contributed by atoms with Crippen LogP contribution in [0.25, 0.3) is 0 Å². The van der Waals surface area contributed by atoms with Gasteiger partial charge < -0.3 is 4.57 Å². The Morgan fingerprint density at radius 3 is 1.00 bits per heavy atom. The second kappa shape index (κ2) is 9.32. The molecule has 1 nitrogen and oxygen atoms in total. The van der Waals surface area contributed by atoms with Crippen LogP contribution in [0.5, 0.6) is 0 Å². The van der Waals surface area contributed by atoms with Crippen LogP contribution in [-0.4, -0.2) is 0 Å². The molecule has 0 unspecified atom stereocenters. The first-order chi connectivity index (χ1) is 11.2. The summed E-state index contributed by atoms with van der Waals surface area (Å²) in [5.74, 6) is 0. The van der Waals surface area contributed by atoms with E-state index in [2.05, 4.69) is 0 Å². The predicted molar refractivity (Wildman–Crippen MR) is 97.5 cm³/mol. The van der Waals surface area contributed by atoms with Crippen molar-refractivity contribution in [1.82, 2.24) is 0 Å². The van der Waals surface area contributed by atoms with Gasteiger partial charge in [-0.3, -0.25) is 0 Å². The fourth-order valence-electron chi connectivity index (χ4n) is 2.36. The van der Waals surface area contributed by atoms with E-state index < -0.39 is 7.14 Å². The molecule has 0 aliphatic heterocycles. The van der Waals surface area contributed by atoms with Crippen molar-refractivity contribution in [1.29, 1.82) is 0 Å². The molecule has 0 aromatic heterocycles. The number of benzene rings is 3. The molecule has 0 fully saturated rings. The predicted octanol–water partition coefficient (Wildman–Crippen LogP) is 4.70. The van der Waals surface area contributed by atoms with Crippen LogP contribution in [-0.2, 0) is 17.5 Å². The Morgan fingerprint density at radius 1 is 0.565 bits per heavy atom. The summed E-state index contributed by atoms with van der Waals surface area (Å²) in [6.07, 6.45) is 0. The molecule has 0 amide bonds. The zero-order valence-corrected chi connectivity index (χ0v) is 15.6. The van der Waals surface area contributed by atoms with Gasteiger partial charge in [0.15, 0.2) is 7.14 Å². The van der Waals surface area contributed by atoms with E-state index in [0.717, 1.165) is 15.9 Å². The van der Waals surface area contributed by atoms with Gasteiger partial charge in [0.1, 0.15) is 0 Å². The van der Waals surface area contributed by atoms with Crippen LogP contribution in [0.3, 0.4) is 0 Å². The normalized spacial score (nSPS) is 10.7. The van der Waals surface area contributed by atoms with E-state index in [1.807, 2.05) is 91.0 Å². The molecule has 0 atom stereocenters. The Balaban J connectivity index is 0.000000595. The number of hydrogen-bond donors (Lipinski definition) is 0. The van der Waals surface area contributed by atoms with Crippen LogP contribution >= 0.6 is 27.4 Å². The van der Waals surface area contributed by atoms with Crippen molar-refractivity contribution in [3.05, 3.63) is 91.0 Å². The Labute approximate surface area is 151 Å². The second-order valence-corrected chi connectivity index (χ2v) is 9.15. The van der Waals surface area contributed by atoms with Crippen LogP contribution in [0.4, 0.5) is 0 Å². The van der Waals surface area contributed by atoms with Gasteiger partial charge in [0.2, 0.25) is 0 Å². The van der Waals surface area contributed by atoms with Crippen LogP contribution in [0, 0.1) is 0 Å². The molecule has 0 spiro atoms. The molecular weight excluding hydrogens is 393 g/mol. The van der Waals surface area contributed by atoms with Crippen molar-refractivity contribution in [2.75, 3.05) is 0 Å². The van der Waals surface area contributed by atoms with Gasteiger partial charge in [-0.25, -0.2) is 0 Å². The molecule has 0 saturated heterocycles. The van der Waals surface area contributed by atoms with Gasteiger partial charge in [0, 0.05) is 15.9 Å². The van der Waals surface area contributed by atoms with Crippen LogP contribution in [0.15, 0.2) is 91.0 Å². The van der Waals surface area contributed by atoms with Gasteiger partial charge in [-0.1, -0.05) is 91.0 Å². The minimum atomic E-state index is -2.78. The molecule has 3 aromatic carbocycles. The zero-order chi connectivity index (χ0) is 16.5. The van der Waals surface area contributed by atoms with Crippen molar-refractivity contribution in [2.45, 2.75) is 0 Å².